The summed E-state index contributed by atoms with van der Waals surface area (Å²) in [7, 11) is -4.55. The SMILES string of the molecule is O=S(=O)(OO)OO.[Fe]. The summed E-state index contributed by atoms with van der Waals surface area (Å²) >= 11 is 0. The van der Waals surface area contributed by atoms with Gasteiger partial charge in [0, 0.05) is 17.1 Å². The Bertz CT molecular complexity index is 111. The van der Waals surface area contributed by atoms with Gasteiger partial charge >= 0.3 is 10.4 Å². The van der Waals surface area contributed by atoms with Crippen LogP contribution in [-0.4, -0.2) is 18.9 Å². The zero-order valence-corrected chi connectivity index (χ0v) is 5.21. The van der Waals surface area contributed by atoms with Crippen molar-refractivity contribution in [3.63, 3.8) is 0 Å². The third kappa shape index (κ3) is 4.47. The van der Waals surface area contributed by atoms with Gasteiger partial charge in [-0.2, -0.15) is 8.42 Å². The fourth-order valence-corrected chi connectivity index (χ4v) is 0.0408. The van der Waals surface area contributed by atoms with E-state index in [1.165, 1.54) is 0 Å². The number of hydrogen-bond donors (Lipinski definition) is 2. The van der Waals surface area contributed by atoms with E-state index in [2.05, 4.69) is 8.67 Å². The zero-order chi connectivity index (χ0) is 5.91. The van der Waals surface area contributed by atoms with Gasteiger partial charge in [0.1, 0.15) is 0 Å². The van der Waals surface area contributed by atoms with Crippen LogP contribution in [0.1, 0.15) is 0 Å². The standard InChI is InChI=1S/Fe.H2O6S/c;1-5-7(3,4)6-2/h;1-2H. The zero-order valence-electron chi connectivity index (χ0n) is 3.29. The molecule has 0 heterocycles. The van der Waals surface area contributed by atoms with Gasteiger partial charge in [0.15, 0.2) is 0 Å². The summed E-state index contributed by atoms with van der Waals surface area (Å²) in [6.45, 7) is 0. The maximum Gasteiger partial charge on any atom is 0.452 e. The molecule has 0 saturated heterocycles. The van der Waals surface area contributed by atoms with Crippen molar-refractivity contribution in [1.29, 1.82) is 0 Å². The average Bonchev–Trinajstić information content (AvgIpc) is 1.68. The van der Waals surface area contributed by atoms with Crippen molar-refractivity contribution >= 4 is 10.4 Å². The minimum Gasteiger partial charge on any atom is -0.233 e. The van der Waals surface area contributed by atoms with E-state index in [0.29, 0.717) is 0 Å². The normalized spacial score (nSPS) is 10.2. The maximum absolute atomic E-state index is 9.42. The summed E-state index contributed by atoms with van der Waals surface area (Å²) < 4.78 is 24.0. The number of hydrogen-bond acceptors (Lipinski definition) is 6. The van der Waals surface area contributed by atoms with E-state index in [9.17, 15) is 8.42 Å². The van der Waals surface area contributed by atoms with Gasteiger partial charge in [-0.1, -0.05) is 8.67 Å². The average molecular weight is 186 g/mol. The molecule has 0 spiro atoms. The van der Waals surface area contributed by atoms with E-state index in [1.807, 2.05) is 0 Å². The van der Waals surface area contributed by atoms with Crippen molar-refractivity contribution in [3.05, 3.63) is 0 Å². The molecule has 0 aliphatic carbocycles. The summed E-state index contributed by atoms with van der Waals surface area (Å²) in [6, 6.07) is 0. The predicted molar refractivity (Wildman–Crippen MR) is 16.3 cm³/mol. The fraction of sp³-hybridized carbons (Fsp3) is 0. The van der Waals surface area contributed by atoms with Crippen LogP contribution in [0.4, 0.5) is 0 Å². The minimum atomic E-state index is -4.55. The molecule has 0 aliphatic heterocycles. The van der Waals surface area contributed by atoms with Crippen molar-refractivity contribution in [1.82, 2.24) is 0 Å². The van der Waals surface area contributed by atoms with E-state index in [1.54, 1.807) is 0 Å². The smallest absolute Gasteiger partial charge is 0.233 e. The van der Waals surface area contributed by atoms with Gasteiger partial charge in [-0.05, 0) is 0 Å². The molecule has 0 aromatic rings. The monoisotopic (exact) mass is 186 g/mol. The molecule has 0 fully saturated rings. The largest absolute Gasteiger partial charge is 0.452 e. The molecule has 0 bridgehead atoms. The van der Waals surface area contributed by atoms with Crippen molar-refractivity contribution < 1.29 is 44.7 Å². The van der Waals surface area contributed by atoms with Gasteiger partial charge in [-0.3, -0.25) is 0 Å². The fourth-order valence-electron chi connectivity index (χ4n) is 0.0136. The summed E-state index contributed by atoms with van der Waals surface area (Å²) in [6.07, 6.45) is 0. The third-order valence-corrected chi connectivity index (χ3v) is 0.548. The Hall–Kier alpha value is 0.309. The molecular formula is H2FeO6S. The van der Waals surface area contributed by atoms with Gasteiger partial charge in [0.05, 0.1) is 0 Å². The van der Waals surface area contributed by atoms with Crippen molar-refractivity contribution in [2.45, 2.75) is 0 Å². The molecule has 0 aliphatic rings. The topological polar surface area (TPSA) is 93.1 Å². The molecule has 0 amide bonds. The maximum atomic E-state index is 9.42. The first kappa shape index (κ1) is 11.2. The second-order valence-corrected chi connectivity index (χ2v) is 1.67. The van der Waals surface area contributed by atoms with Crippen molar-refractivity contribution in [2.75, 3.05) is 0 Å². The Labute approximate surface area is 55.7 Å². The summed E-state index contributed by atoms with van der Waals surface area (Å²) in [5.74, 6) is 0. The van der Waals surface area contributed by atoms with Crippen LogP contribution in [-0.2, 0) is 36.1 Å². The summed E-state index contributed by atoms with van der Waals surface area (Å²) in [4.78, 5) is 0. The molecule has 0 unspecified atom stereocenters. The summed E-state index contributed by atoms with van der Waals surface area (Å²) in [5.41, 5.74) is 0. The molecule has 6 nitrogen and oxygen atoms in total. The first-order valence-corrected chi connectivity index (χ1v) is 2.37. The van der Waals surface area contributed by atoms with Crippen LogP contribution in [0.3, 0.4) is 0 Å². The molecule has 52 valence electrons. The van der Waals surface area contributed by atoms with Crippen LogP contribution < -0.4 is 0 Å². The predicted octanol–water partition coefficient (Wildman–Crippen LogP) is -0.792. The summed E-state index contributed by atoms with van der Waals surface area (Å²) in [5, 5.41) is 14.4. The van der Waals surface area contributed by atoms with Crippen LogP contribution in [0, 0.1) is 0 Å². The third-order valence-electron chi connectivity index (χ3n) is 0.183. The van der Waals surface area contributed by atoms with Crippen molar-refractivity contribution in [2.24, 2.45) is 0 Å². The number of rotatable bonds is 2. The van der Waals surface area contributed by atoms with E-state index in [-0.39, 0.29) is 17.1 Å². The Morgan fingerprint density at radius 1 is 1.12 bits per heavy atom. The minimum absolute atomic E-state index is 0. The van der Waals surface area contributed by atoms with Gasteiger partial charge in [-0.15, -0.1) is 0 Å². The Balaban J connectivity index is 0. The molecule has 0 saturated carbocycles. The van der Waals surface area contributed by atoms with Crippen LogP contribution in [0.5, 0.6) is 0 Å². The van der Waals surface area contributed by atoms with E-state index in [4.69, 9.17) is 10.5 Å². The Kier molecular flexibility index (Phi) is 5.87. The van der Waals surface area contributed by atoms with Gasteiger partial charge < -0.3 is 0 Å². The quantitative estimate of drug-likeness (QED) is 0.333. The molecule has 0 aromatic carbocycles. The first-order valence-electron chi connectivity index (χ1n) is 1.03. The van der Waals surface area contributed by atoms with Gasteiger partial charge in [0.2, 0.25) is 0 Å². The van der Waals surface area contributed by atoms with E-state index in [0.717, 1.165) is 0 Å². The Morgan fingerprint density at radius 2 is 1.38 bits per heavy atom. The second kappa shape index (κ2) is 4.21. The molecule has 0 aromatic heterocycles. The molecule has 0 radical (unpaired) electrons. The van der Waals surface area contributed by atoms with E-state index < -0.39 is 10.4 Å². The van der Waals surface area contributed by atoms with Crippen LogP contribution >= 0.6 is 0 Å². The van der Waals surface area contributed by atoms with Crippen LogP contribution in [0.15, 0.2) is 0 Å². The Morgan fingerprint density at radius 3 is 1.38 bits per heavy atom. The van der Waals surface area contributed by atoms with Crippen molar-refractivity contribution in [3.8, 4) is 0 Å². The molecule has 8 heteroatoms. The van der Waals surface area contributed by atoms with E-state index >= 15 is 0 Å². The molecule has 2 N–H and O–H groups in total. The molecule has 0 rings (SSSR count). The van der Waals surface area contributed by atoms with Gasteiger partial charge in [-0.25, -0.2) is 10.5 Å². The molecule has 0 atom stereocenters. The molecule has 8 heavy (non-hydrogen) atoms. The molecular weight excluding hydrogens is 184 g/mol. The second-order valence-electron chi connectivity index (χ2n) is 0.557. The van der Waals surface area contributed by atoms with Gasteiger partial charge in [0.25, 0.3) is 0 Å². The van der Waals surface area contributed by atoms with Crippen LogP contribution in [0.2, 0.25) is 0 Å². The van der Waals surface area contributed by atoms with Crippen LogP contribution in [0.25, 0.3) is 0 Å². The first-order chi connectivity index (χ1) is 3.12.